The number of methoxy groups -OCH3 is 1. The molecule has 0 aromatic carbocycles. The molecule has 0 saturated carbocycles. The lowest BCUT2D eigenvalue weighted by atomic mass is 10.4. The molecule has 0 radical (unpaired) electrons. The van der Waals surface area contributed by atoms with Gasteiger partial charge in [0, 0.05) is 13.7 Å². The van der Waals surface area contributed by atoms with Gasteiger partial charge >= 0.3 is 0 Å². The first-order valence-corrected chi connectivity index (χ1v) is 3.49. The van der Waals surface area contributed by atoms with Gasteiger partial charge in [0.2, 0.25) is 0 Å². The number of nitrogen functional groups attached to an aromatic ring is 1. The number of carbonyl (C=O) groups is 1. The molecule has 0 atom stereocenters. The normalized spacial score (nSPS) is 8.50. The molecule has 0 saturated heterocycles. The molecular weight excluding hydrogens is 158 g/mol. The van der Waals surface area contributed by atoms with E-state index in [0.29, 0.717) is 17.7 Å². The van der Waals surface area contributed by atoms with E-state index in [-0.39, 0.29) is 0 Å². The van der Waals surface area contributed by atoms with Gasteiger partial charge in [0.05, 0.1) is 11.9 Å². The molecular formula is C7H13N3O2. The molecule has 1 heterocycles. The van der Waals surface area contributed by atoms with Gasteiger partial charge in [0.25, 0.3) is 0 Å². The third-order valence-electron chi connectivity index (χ3n) is 1.11. The highest BCUT2D eigenvalue weighted by Gasteiger charge is 1.94. The molecule has 0 aliphatic heterocycles. The summed E-state index contributed by atoms with van der Waals surface area (Å²) in [5.41, 5.74) is 5.95. The number of hydrogen-bond acceptors (Lipinski definition) is 4. The number of nitrogens with zero attached hydrogens (tertiary/aromatic N) is 1. The third-order valence-corrected chi connectivity index (χ3v) is 1.11. The molecule has 0 spiro atoms. The van der Waals surface area contributed by atoms with Crippen LogP contribution in [0.15, 0.2) is 6.20 Å². The number of H-pyrrole nitrogens is 1. The lowest BCUT2D eigenvalue weighted by Crippen LogP contribution is -1.87. The Morgan fingerprint density at radius 1 is 1.83 bits per heavy atom. The highest BCUT2D eigenvalue weighted by atomic mass is 16.5. The number of aldehydes is 1. The Morgan fingerprint density at radius 2 is 2.42 bits per heavy atom. The second-order valence-electron chi connectivity index (χ2n) is 1.93. The predicted molar refractivity (Wildman–Crippen MR) is 45.9 cm³/mol. The Labute approximate surface area is 70.9 Å². The van der Waals surface area contributed by atoms with Crippen LogP contribution in [-0.2, 0) is 4.74 Å². The quantitative estimate of drug-likeness (QED) is 0.633. The SMILES string of the molecule is CCOC.Nc1cn[nH]c1C=O. The van der Waals surface area contributed by atoms with Crippen LogP contribution in [-0.4, -0.2) is 30.2 Å². The topological polar surface area (TPSA) is 81.0 Å². The molecule has 0 fully saturated rings. The van der Waals surface area contributed by atoms with Crippen molar-refractivity contribution < 1.29 is 9.53 Å². The van der Waals surface area contributed by atoms with E-state index >= 15 is 0 Å². The zero-order valence-corrected chi connectivity index (χ0v) is 7.20. The van der Waals surface area contributed by atoms with Crippen molar-refractivity contribution in [3.05, 3.63) is 11.9 Å². The van der Waals surface area contributed by atoms with Crippen LogP contribution in [0.25, 0.3) is 0 Å². The fourth-order valence-corrected chi connectivity index (χ4v) is 0.400. The Balaban J connectivity index is 0.000000261. The molecule has 12 heavy (non-hydrogen) atoms. The standard InChI is InChI=1S/C4H5N3O.C3H8O/c5-3-1-6-7-4(3)2-8;1-3-4-2/h1-2H,5H2,(H,6,7);3H2,1-2H3. The Morgan fingerprint density at radius 3 is 2.58 bits per heavy atom. The summed E-state index contributed by atoms with van der Waals surface area (Å²) in [7, 11) is 1.68. The molecule has 0 unspecified atom stereocenters. The first-order valence-electron chi connectivity index (χ1n) is 3.49. The molecule has 1 aromatic heterocycles. The van der Waals surface area contributed by atoms with Gasteiger partial charge in [-0.3, -0.25) is 9.89 Å². The summed E-state index contributed by atoms with van der Waals surface area (Å²) in [4.78, 5) is 9.94. The summed E-state index contributed by atoms with van der Waals surface area (Å²) < 4.78 is 4.54. The van der Waals surface area contributed by atoms with Crippen LogP contribution < -0.4 is 5.73 Å². The van der Waals surface area contributed by atoms with Gasteiger partial charge in [-0.05, 0) is 6.92 Å². The van der Waals surface area contributed by atoms with Crippen molar-refractivity contribution in [2.75, 3.05) is 19.5 Å². The van der Waals surface area contributed by atoms with Crippen LogP contribution in [0.5, 0.6) is 0 Å². The summed E-state index contributed by atoms with van der Waals surface area (Å²) in [6.07, 6.45) is 2.02. The minimum Gasteiger partial charge on any atom is -0.396 e. The molecule has 5 nitrogen and oxygen atoms in total. The first-order chi connectivity index (χ1) is 5.76. The maximum absolute atomic E-state index is 9.94. The number of anilines is 1. The second kappa shape index (κ2) is 6.36. The van der Waals surface area contributed by atoms with E-state index in [2.05, 4.69) is 14.9 Å². The van der Waals surface area contributed by atoms with Gasteiger partial charge in [-0.25, -0.2) is 0 Å². The van der Waals surface area contributed by atoms with Crippen LogP contribution in [0.4, 0.5) is 5.69 Å². The number of nitrogens with one attached hydrogen (secondary N) is 1. The van der Waals surface area contributed by atoms with Gasteiger partial charge in [-0.15, -0.1) is 0 Å². The highest BCUT2D eigenvalue weighted by Crippen LogP contribution is 2.00. The van der Waals surface area contributed by atoms with Crippen molar-refractivity contribution in [2.45, 2.75) is 6.92 Å². The van der Waals surface area contributed by atoms with E-state index < -0.39 is 0 Å². The average Bonchev–Trinajstić information content (AvgIpc) is 2.51. The van der Waals surface area contributed by atoms with Crippen LogP contribution in [0.1, 0.15) is 17.4 Å². The largest absolute Gasteiger partial charge is 0.396 e. The van der Waals surface area contributed by atoms with E-state index in [9.17, 15) is 4.79 Å². The predicted octanol–water partition coefficient (Wildman–Crippen LogP) is 0.457. The van der Waals surface area contributed by atoms with Gasteiger partial charge < -0.3 is 10.5 Å². The zero-order valence-electron chi connectivity index (χ0n) is 7.20. The number of nitrogens with two attached hydrogens (primary N) is 1. The third kappa shape index (κ3) is 3.72. The summed E-state index contributed by atoms with van der Waals surface area (Å²) in [5, 5.41) is 5.92. The van der Waals surface area contributed by atoms with E-state index in [4.69, 9.17) is 5.73 Å². The van der Waals surface area contributed by atoms with E-state index in [1.807, 2.05) is 6.92 Å². The van der Waals surface area contributed by atoms with Crippen molar-refractivity contribution in [3.8, 4) is 0 Å². The number of rotatable bonds is 2. The smallest absolute Gasteiger partial charge is 0.169 e. The van der Waals surface area contributed by atoms with Crippen molar-refractivity contribution >= 4 is 12.0 Å². The summed E-state index contributed by atoms with van der Waals surface area (Å²) in [6, 6.07) is 0. The van der Waals surface area contributed by atoms with E-state index in [0.717, 1.165) is 6.61 Å². The van der Waals surface area contributed by atoms with Crippen molar-refractivity contribution in [1.29, 1.82) is 0 Å². The summed E-state index contributed by atoms with van der Waals surface area (Å²) in [5.74, 6) is 0. The maximum Gasteiger partial charge on any atom is 0.169 e. The average molecular weight is 171 g/mol. The number of hydrogen-bond donors (Lipinski definition) is 2. The molecule has 0 amide bonds. The molecule has 68 valence electrons. The van der Waals surface area contributed by atoms with Crippen LogP contribution >= 0.6 is 0 Å². The number of aromatic amines is 1. The van der Waals surface area contributed by atoms with Crippen molar-refractivity contribution in [2.24, 2.45) is 0 Å². The van der Waals surface area contributed by atoms with Crippen LogP contribution in [0.2, 0.25) is 0 Å². The molecule has 0 aliphatic rings. The zero-order chi connectivity index (χ0) is 9.40. The van der Waals surface area contributed by atoms with E-state index in [1.54, 1.807) is 7.11 Å². The van der Waals surface area contributed by atoms with Gasteiger partial charge in [-0.2, -0.15) is 5.10 Å². The lowest BCUT2D eigenvalue weighted by Gasteiger charge is -1.79. The monoisotopic (exact) mass is 171 g/mol. The van der Waals surface area contributed by atoms with E-state index in [1.165, 1.54) is 6.20 Å². The molecule has 5 heteroatoms. The summed E-state index contributed by atoms with van der Waals surface area (Å²) >= 11 is 0. The Kier molecular flexibility index (Phi) is 5.64. The molecule has 1 aromatic rings. The number of ether oxygens (including phenoxy) is 1. The first kappa shape index (κ1) is 10.6. The maximum atomic E-state index is 9.94. The summed E-state index contributed by atoms with van der Waals surface area (Å²) in [6.45, 7) is 2.78. The molecule has 0 aliphatic carbocycles. The van der Waals surface area contributed by atoms with Gasteiger partial charge in [0.1, 0.15) is 5.69 Å². The van der Waals surface area contributed by atoms with Crippen molar-refractivity contribution in [3.63, 3.8) is 0 Å². The van der Waals surface area contributed by atoms with Crippen LogP contribution in [0, 0.1) is 0 Å². The molecule has 1 rings (SSSR count). The lowest BCUT2D eigenvalue weighted by molar-refractivity contribution is 0.112. The Bertz CT molecular complexity index is 220. The minimum absolute atomic E-state index is 0.338. The fraction of sp³-hybridized carbons (Fsp3) is 0.429. The highest BCUT2D eigenvalue weighted by molar-refractivity contribution is 5.79. The van der Waals surface area contributed by atoms with Crippen LogP contribution in [0.3, 0.4) is 0 Å². The molecule has 3 N–H and O–H groups in total. The fourth-order valence-electron chi connectivity index (χ4n) is 0.400. The number of aromatic nitrogens is 2. The Hall–Kier alpha value is -1.36. The van der Waals surface area contributed by atoms with Crippen molar-refractivity contribution in [1.82, 2.24) is 10.2 Å². The minimum atomic E-state index is 0.338. The second-order valence-corrected chi connectivity index (χ2v) is 1.93. The van der Waals surface area contributed by atoms with Gasteiger partial charge in [0.15, 0.2) is 6.29 Å². The number of carbonyl (C=O) groups excluding carboxylic acids is 1. The van der Waals surface area contributed by atoms with Gasteiger partial charge in [-0.1, -0.05) is 0 Å². The molecule has 0 bridgehead atoms.